The van der Waals surface area contributed by atoms with Gasteiger partial charge in [0.25, 0.3) is 5.01 Å². The molecule has 0 unspecified atom stereocenters. The second kappa shape index (κ2) is 10.8. The smallest absolute Gasteiger partial charge is 0.262 e. The molecule has 0 N–H and O–H groups in total. The SMILES string of the molecule is COc1cc(CN2C=C/C(=C\C=C\c3sc4ccccc4[n+]3CC[O-])c3ccccc32)cc(OC)c1. The largest absolute Gasteiger partial charge is 0.850 e. The molecule has 6 heteroatoms. The standard InChI is InChI=1S/C30H28N2O3S/c1-34-24-18-22(19-25(20-24)35-2)21-31-15-14-23(26-9-3-4-10-27(26)31)8-7-13-30-32(16-17-33)28-11-5-6-12-29(28)36-30/h3-15,18-20H,16-17,21H2,1-2H3. The average molecular weight is 497 g/mol. The first-order valence-electron chi connectivity index (χ1n) is 11.8. The molecule has 36 heavy (non-hydrogen) atoms. The number of nitrogens with zero attached hydrogens (tertiary/aromatic N) is 2. The maximum Gasteiger partial charge on any atom is 0.262 e. The van der Waals surface area contributed by atoms with Gasteiger partial charge in [-0.05, 0) is 41.5 Å². The zero-order chi connectivity index (χ0) is 24.9. The summed E-state index contributed by atoms with van der Waals surface area (Å²) in [5.74, 6) is 1.56. The van der Waals surface area contributed by atoms with E-state index in [0.29, 0.717) is 13.1 Å². The molecule has 5 rings (SSSR count). The van der Waals surface area contributed by atoms with E-state index in [9.17, 15) is 5.11 Å². The molecule has 1 aliphatic rings. The fourth-order valence-corrected chi connectivity index (χ4v) is 5.58. The fraction of sp³-hybridized carbons (Fsp3) is 0.167. The topological polar surface area (TPSA) is 48.6 Å². The molecule has 3 aromatic carbocycles. The molecule has 0 bridgehead atoms. The van der Waals surface area contributed by atoms with E-state index in [0.717, 1.165) is 38.8 Å². The molecular formula is C30H28N2O3S. The highest BCUT2D eigenvalue weighted by atomic mass is 32.1. The summed E-state index contributed by atoms with van der Waals surface area (Å²) in [7, 11) is 3.33. The molecule has 4 aromatic rings. The Kier molecular flexibility index (Phi) is 7.16. The van der Waals surface area contributed by atoms with Gasteiger partial charge in [-0.15, -0.1) is 0 Å². The van der Waals surface area contributed by atoms with Crippen molar-refractivity contribution in [1.29, 1.82) is 0 Å². The van der Waals surface area contributed by atoms with Gasteiger partial charge < -0.3 is 19.5 Å². The van der Waals surface area contributed by atoms with Crippen molar-refractivity contribution in [2.75, 3.05) is 25.7 Å². The number of anilines is 1. The lowest BCUT2D eigenvalue weighted by atomic mass is 9.99. The minimum absolute atomic E-state index is 0.140. The van der Waals surface area contributed by atoms with Gasteiger partial charge in [-0.1, -0.05) is 60.4 Å². The maximum atomic E-state index is 11.4. The van der Waals surface area contributed by atoms with Crippen LogP contribution in [0.25, 0.3) is 21.9 Å². The third-order valence-electron chi connectivity index (χ3n) is 6.19. The summed E-state index contributed by atoms with van der Waals surface area (Å²) in [6.45, 7) is 1.02. The van der Waals surface area contributed by atoms with Crippen LogP contribution >= 0.6 is 11.3 Å². The Balaban J connectivity index is 1.43. The Morgan fingerprint density at radius 2 is 1.72 bits per heavy atom. The summed E-state index contributed by atoms with van der Waals surface area (Å²) >= 11 is 1.70. The highest BCUT2D eigenvalue weighted by molar-refractivity contribution is 7.18. The lowest BCUT2D eigenvalue weighted by Gasteiger charge is -2.28. The van der Waals surface area contributed by atoms with Crippen LogP contribution < -0.4 is 24.0 Å². The second-order valence-corrected chi connectivity index (χ2v) is 9.49. The molecule has 0 saturated carbocycles. The Bertz CT molecular complexity index is 1450. The number of hydrogen-bond acceptors (Lipinski definition) is 5. The maximum absolute atomic E-state index is 11.4. The van der Waals surface area contributed by atoms with Gasteiger partial charge in [-0.25, -0.2) is 0 Å². The number of allylic oxidation sites excluding steroid dienone is 4. The van der Waals surface area contributed by atoms with E-state index in [4.69, 9.17) is 9.47 Å². The highest BCUT2D eigenvalue weighted by Crippen LogP contribution is 2.34. The van der Waals surface area contributed by atoms with Gasteiger partial charge in [-0.2, -0.15) is 4.57 Å². The van der Waals surface area contributed by atoms with Crippen molar-refractivity contribution in [3.05, 3.63) is 107 Å². The van der Waals surface area contributed by atoms with Crippen molar-refractivity contribution in [3.63, 3.8) is 0 Å². The Labute approximate surface area is 215 Å². The Hall–Kier alpha value is -3.87. The number of fused-ring (bicyclic) bond motifs is 2. The van der Waals surface area contributed by atoms with Crippen molar-refractivity contribution in [1.82, 2.24) is 0 Å². The summed E-state index contributed by atoms with van der Waals surface area (Å²) in [5, 5.41) is 12.5. The van der Waals surface area contributed by atoms with E-state index in [1.54, 1.807) is 25.6 Å². The summed E-state index contributed by atoms with van der Waals surface area (Å²) in [4.78, 5) is 2.23. The summed E-state index contributed by atoms with van der Waals surface area (Å²) in [6.07, 6.45) is 10.6. The van der Waals surface area contributed by atoms with Crippen LogP contribution in [0.1, 0.15) is 16.1 Å². The van der Waals surface area contributed by atoms with Crippen LogP contribution in [-0.4, -0.2) is 20.8 Å². The quantitative estimate of drug-likeness (QED) is 0.315. The Morgan fingerprint density at radius 1 is 0.972 bits per heavy atom. The first kappa shape index (κ1) is 23.9. The molecule has 0 radical (unpaired) electrons. The van der Waals surface area contributed by atoms with Crippen LogP contribution in [-0.2, 0) is 13.1 Å². The van der Waals surface area contributed by atoms with Gasteiger partial charge in [0, 0.05) is 42.2 Å². The molecule has 1 aliphatic heterocycles. The van der Waals surface area contributed by atoms with Gasteiger partial charge in [0.2, 0.25) is 5.52 Å². The van der Waals surface area contributed by atoms with E-state index in [1.807, 2.05) is 30.3 Å². The minimum atomic E-state index is -0.140. The first-order valence-corrected chi connectivity index (χ1v) is 12.7. The molecule has 1 aromatic heterocycles. The number of benzene rings is 3. The van der Waals surface area contributed by atoms with E-state index in [1.165, 1.54) is 10.3 Å². The van der Waals surface area contributed by atoms with Gasteiger partial charge in [0.1, 0.15) is 22.7 Å². The predicted octanol–water partition coefficient (Wildman–Crippen LogP) is 5.20. The van der Waals surface area contributed by atoms with E-state index in [-0.39, 0.29) is 6.61 Å². The third kappa shape index (κ3) is 4.91. The molecule has 0 spiro atoms. The molecule has 0 amide bonds. The molecule has 0 aliphatic carbocycles. The van der Waals surface area contributed by atoms with E-state index < -0.39 is 0 Å². The number of aromatic nitrogens is 1. The van der Waals surface area contributed by atoms with Crippen molar-refractivity contribution < 1.29 is 19.1 Å². The van der Waals surface area contributed by atoms with Crippen LogP contribution in [0.15, 0.2) is 91.2 Å². The second-order valence-electron chi connectivity index (χ2n) is 8.43. The van der Waals surface area contributed by atoms with Gasteiger partial charge in [-0.3, -0.25) is 0 Å². The highest BCUT2D eigenvalue weighted by Gasteiger charge is 2.18. The summed E-state index contributed by atoms with van der Waals surface area (Å²) < 4.78 is 14.2. The van der Waals surface area contributed by atoms with E-state index >= 15 is 0 Å². The normalized spacial score (nSPS) is 14.1. The lowest BCUT2D eigenvalue weighted by molar-refractivity contribution is -0.685. The predicted molar refractivity (Wildman–Crippen MR) is 145 cm³/mol. The third-order valence-corrected chi connectivity index (χ3v) is 7.32. The number of thiazole rings is 1. The number of hydrogen-bond donors (Lipinski definition) is 0. The molecule has 0 saturated heterocycles. The molecular weight excluding hydrogens is 468 g/mol. The number of methoxy groups -OCH3 is 2. The van der Waals surface area contributed by atoms with Gasteiger partial charge in [0.05, 0.1) is 14.2 Å². The molecule has 2 heterocycles. The zero-order valence-electron chi connectivity index (χ0n) is 20.4. The Morgan fingerprint density at radius 3 is 2.50 bits per heavy atom. The number of ether oxygens (including phenoxy) is 2. The van der Waals surface area contributed by atoms with Crippen molar-refractivity contribution >= 4 is 38.9 Å². The summed E-state index contributed by atoms with van der Waals surface area (Å²) in [5.41, 5.74) is 5.66. The minimum Gasteiger partial charge on any atom is -0.850 e. The average Bonchev–Trinajstić information content (AvgIpc) is 3.27. The van der Waals surface area contributed by atoms with Crippen molar-refractivity contribution in [2.24, 2.45) is 0 Å². The number of para-hydroxylation sites is 2. The van der Waals surface area contributed by atoms with Gasteiger partial charge >= 0.3 is 0 Å². The molecule has 182 valence electrons. The van der Waals surface area contributed by atoms with Crippen LogP contribution in [0, 0.1) is 0 Å². The molecule has 0 atom stereocenters. The van der Waals surface area contributed by atoms with Crippen LogP contribution in [0.4, 0.5) is 5.69 Å². The van der Waals surface area contributed by atoms with Crippen molar-refractivity contribution in [3.8, 4) is 11.5 Å². The number of rotatable bonds is 8. The van der Waals surface area contributed by atoms with Crippen LogP contribution in [0.3, 0.4) is 0 Å². The fourth-order valence-electron chi connectivity index (χ4n) is 4.48. The first-order chi connectivity index (χ1) is 17.7. The summed E-state index contributed by atoms with van der Waals surface area (Å²) in [6, 6.07) is 22.6. The molecule has 5 nitrogen and oxygen atoms in total. The van der Waals surface area contributed by atoms with E-state index in [2.05, 4.69) is 76.4 Å². The lowest BCUT2D eigenvalue weighted by Crippen LogP contribution is -2.39. The monoisotopic (exact) mass is 496 g/mol. The molecule has 0 fully saturated rings. The zero-order valence-corrected chi connectivity index (χ0v) is 21.2. The van der Waals surface area contributed by atoms with Crippen LogP contribution in [0.2, 0.25) is 0 Å². The van der Waals surface area contributed by atoms with Crippen molar-refractivity contribution in [2.45, 2.75) is 13.1 Å². The van der Waals surface area contributed by atoms with Crippen LogP contribution in [0.5, 0.6) is 11.5 Å². The van der Waals surface area contributed by atoms with Gasteiger partial charge in [0.15, 0.2) is 0 Å².